The molecule has 0 aliphatic carbocycles. The lowest BCUT2D eigenvalue weighted by atomic mass is 10.2. The summed E-state index contributed by atoms with van der Waals surface area (Å²) in [7, 11) is 0. The van der Waals surface area contributed by atoms with Crippen LogP contribution in [0.2, 0.25) is 0 Å². The van der Waals surface area contributed by atoms with Crippen molar-refractivity contribution in [3.05, 3.63) is 34.1 Å². The summed E-state index contributed by atoms with van der Waals surface area (Å²) in [6.45, 7) is 7.18. The molecule has 0 atom stereocenters. The second-order valence-electron chi connectivity index (χ2n) is 5.29. The Labute approximate surface area is 150 Å². The highest BCUT2D eigenvalue weighted by Crippen LogP contribution is 2.33. The van der Waals surface area contributed by atoms with Crippen LogP contribution in [0, 0.1) is 6.92 Å². The molecule has 6 nitrogen and oxygen atoms in total. The molecule has 130 valence electrons. The van der Waals surface area contributed by atoms with Crippen molar-refractivity contribution in [1.82, 2.24) is 9.66 Å². The summed E-state index contributed by atoms with van der Waals surface area (Å²) in [5.41, 5.74) is 7.48. The van der Waals surface area contributed by atoms with E-state index in [9.17, 15) is 0 Å². The number of nitrogens with two attached hydrogens (primary N) is 1. The Balaban J connectivity index is 2.26. The maximum atomic E-state index is 5.82. The number of nitrogen functional groups attached to an aromatic ring is 1. The molecule has 0 aliphatic rings. The lowest BCUT2D eigenvalue weighted by Crippen LogP contribution is -2.02. The van der Waals surface area contributed by atoms with E-state index >= 15 is 0 Å². The summed E-state index contributed by atoms with van der Waals surface area (Å²) < 4.78 is 13.9. The summed E-state index contributed by atoms with van der Waals surface area (Å²) in [6.07, 6.45) is 5.57. The minimum absolute atomic E-state index is 0.351. The molecule has 0 saturated heterocycles. The Kier molecular flexibility index (Phi) is 6.66. The third kappa shape index (κ3) is 4.74. The van der Waals surface area contributed by atoms with E-state index in [4.69, 9.17) is 15.2 Å². The van der Waals surface area contributed by atoms with Gasteiger partial charge in [-0.3, -0.25) is 0 Å². The number of rotatable bonds is 8. The van der Waals surface area contributed by atoms with Crippen LogP contribution in [0.15, 0.2) is 27.9 Å². The molecule has 0 spiro atoms. The van der Waals surface area contributed by atoms with Gasteiger partial charge in [0.2, 0.25) is 5.95 Å². The van der Waals surface area contributed by atoms with Gasteiger partial charge in [0.25, 0.3) is 0 Å². The quantitative estimate of drug-likeness (QED) is 0.542. The maximum Gasteiger partial charge on any atom is 0.221 e. The van der Waals surface area contributed by atoms with E-state index < -0.39 is 0 Å². The molecule has 24 heavy (non-hydrogen) atoms. The van der Waals surface area contributed by atoms with Crippen LogP contribution in [0.1, 0.15) is 37.9 Å². The minimum atomic E-state index is 0.351. The largest absolute Gasteiger partial charge is 0.490 e. The molecule has 0 radical (unpaired) electrons. The van der Waals surface area contributed by atoms with Crippen LogP contribution in [0.4, 0.5) is 5.95 Å². The van der Waals surface area contributed by atoms with E-state index in [-0.39, 0.29) is 0 Å². The summed E-state index contributed by atoms with van der Waals surface area (Å²) in [5.74, 6) is 1.78. The van der Waals surface area contributed by atoms with Crippen LogP contribution in [-0.4, -0.2) is 29.1 Å². The molecule has 0 unspecified atom stereocenters. The molecule has 2 N–H and O–H groups in total. The van der Waals surface area contributed by atoms with E-state index in [2.05, 4.69) is 32.9 Å². The zero-order valence-corrected chi connectivity index (χ0v) is 15.8. The zero-order valence-electron chi connectivity index (χ0n) is 14.3. The number of benzene rings is 1. The van der Waals surface area contributed by atoms with Crippen LogP contribution in [0.3, 0.4) is 0 Å². The number of ether oxygens (including phenoxy) is 2. The van der Waals surface area contributed by atoms with Gasteiger partial charge in [-0.2, -0.15) is 5.10 Å². The first-order valence-electron chi connectivity index (χ1n) is 8.00. The number of aryl methyl sites for hydroxylation is 1. The maximum absolute atomic E-state index is 5.82. The van der Waals surface area contributed by atoms with Gasteiger partial charge in [0.15, 0.2) is 11.5 Å². The van der Waals surface area contributed by atoms with Crippen molar-refractivity contribution in [2.24, 2.45) is 5.10 Å². The summed E-state index contributed by atoms with van der Waals surface area (Å²) >= 11 is 3.56. The van der Waals surface area contributed by atoms with E-state index in [0.29, 0.717) is 24.9 Å². The van der Waals surface area contributed by atoms with Crippen LogP contribution in [0.5, 0.6) is 11.5 Å². The minimum Gasteiger partial charge on any atom is -0.490 e. The van der Waals surface area contributed by atoms with Gasteiger partial charge in [0.1, 0.15) is 0 Å². The van der Waals surface area contributed by atoms with Crippen LogP contribution in [-0.2, 0) is 0 Å². The predicted octanol–water partition coefficient (Wildman–Crippen LogP) is 4.00. The number of nitrogens with zero attached hydrogens (tertiary/aromatic N) is 3. The van der Waals surface area contributed by atoms with Gasteiger partial charge in [-0.1, -0.05) is 13.3 Å². The zero-order chi connectivity index (χ0) is 17.5. The number of hydrogen-bond acceptors (Lipinski definition) is 5. The smallest absolute Gasteiger partial charge is 0.221 e. The van der Waals surface area contributed by atoms with Crippen LogP contribution < -0.4 is 15.2 Å². The topological polar surface area (TPSA) is 74.7 Å². The summed E-state index contributed by atoms with van der Waals surface area (Å²) in [4.78, 5) is 4.12. The van der Waals surface area contributed by atoms with Gasteiger partial charge in [-0.25, -0.2) is 9.66 Å². The second-order valence-corrected chi connectivity index (χ2v) is 6.14. The molecular weight excluding hydrogens is 372 g/mol. The van der Waals surface area contributed by atoms with E-state index in [1.54, 1.807) is 12.4 Å². The number of halogens is 1. The fourth-order valence-electron chi connectivity index (χ4n) is 2.08. The van der Waals surface area contributed by atoms with E-state index in [1.807, 2.05) is 26.0 Å². The molecule has 0 fully saturated rings. The van der Waals surface area contributed by atoms with Crippen molar-refractivity contribution in [3.63, 3.8) is 0 Å². The molecule has 1 heterocycles. The van der Waals surface area contributed by atoms with Crippen molar-refractivity contribution in [2.45, 2.75) is 33.6 Å². The average molecular weight is 395 g/mol. The number of unbranched alkanes of at least 4 members (excludes halogenated alkanes) is 1. The van der Waals surface area contributed by atoms with E-state index in [1.165, 1.54) is 4.68 Å². The number of hydrogen-bond donors (Lipinski definition) is 1. The molecule has 0 amide bonds. The van der Waals surface area contributed by atoms with Gasteiger partial charge in [-0.05, 0) is 48.3 Å². The predicted molar refractivity (Wildman–Crippen MR) is 100 cm³/mol. The normalized spacial score (nSPS) is 11.2. The SMILES string of the molecule is CCCCOc1cc(Br)c(C=Nn2cc(C)nc2N)cc1OCC. The van der Waals surface area contributed by atoms with E-state index in [0.717, 1.165) is 34.3 Å². The summed E-state index contributed by atoms with van der Waals surface area (Å²) in [5, 5.41) is 4.34. The molecule has 0 aliphatic heterocycles. The van der Waals surface area contributed by atoms with Crippen molar-refractivity contribution >= 4 is 28.1 Å². The Hall–Kier alpha value is -2.02. The first-order valence-corrected chi connectivity index (χ1v) is 8.79. The van der Waals surface area contributed by atoms with Crippen molar-refractivity contribution in [2.75, 3.05) is 18.9 Å². The number of aromatic nitrogens is 2. The van der Waals surface area contributed by atoms with Crippen LogP contribution >= 0.6 is 15.9 Å². The Morgan fingerprint density at radius 2 is 2.04 bits per heavy atom. The molecule has 1 aromatic heterocycles. The molecule has 0 saturated carbocycles. The lowest BCUT2D eigenvalue weighted by molar-refractivity contribution is 0.272. The Morgan fingerprint density at radius 1 is 1.29 bits per heavy atom. The fourth-order valence-corrected chi connectivity index (χ4v) is 2.50. The monoisotopic (exact) mass is 394 g/mol. The number of imidazole rings is 1. The standard InChI is InChI=1S/C17H23BrN4O2/c1-4-6-7-24-16-9-14(18)13(8-15(16)23-5-2)10-20-22-11-12(3)21-17(22)19/h8-11H,4-7H2,1-3H3,(H2,19,21). The average Bonchev–Trinajstić information content (AvgIpc) is 2.86. The summed E-state index contributed by atoms with van der Waals surface area (Å²) in [6, 6.07) is 3.81. The third-order valence-corrected chi connectivity index (χ3v) is 3.96. The Bertz CT molecular complexity index is 713. The number of anilines is 1. The Morgan fingerprint density at radius 3 is 2.67 bits per heavy atom. The highest BCUT2D eigenvalue weighted by molar-refractivity contribution is 9.10. The molecule has 2 aromatic rings. The van der Waals surface area contributed by atoms with Gasteiger partial charge < -0.3 is 15.2 Å². The molecule has 7 heteroatoms. The highest BCUT2D eigenvalue weighted by atomic mass is 79.9. The first kappa shape index (κ1) is 18.3. The van der Waals surface area contributed by atoms with Gasteiger partial charge in [0, 0.05) is 10.0 Å². The molecular formula is C17H23BrN4O2. The van der Waals surface area contributed by atoms with Gasteiger partial charge in [-0.15, -0.1) is 0 Å². The van der Waals surface area contributed by atoms with Crippen molar-refractivity contribution in [1.29, 1.82) is 0 Å². The highest BCUT2D eigenvalue weighted by Gasteiger charge is 2.10. The van der Waals surface area contributed by atoms with Crippen molar-refractivity contribution in [3.8, 4) is 11.5 Å². The van der Waals surface area contributed by atoms with Gasteiger partial charge in [0.05, 0.1) is 31.3 Å². The van der Waals surface area contributed by atoms with Crippen LogP contribution in [0.25, 0.3) is 0 Å². The van der Waals surface area contributed by atoms with Crippen molar-refractivity contribution < 1.29 is 9.47 Å². The molecule has 2 rings (SSSR count). The first-order chi connectivity index (χ1) is 11.5. The lowest BCUT2D eigenvalue weighted by Gasteiger charge is -2.13. The van der Waals surface area contributed by atoms with Gasteiger partial charge >= 0.3 is 0 Å². The second kappa shape index (κ2) is 8.73. The third-order valence-electron chi connectivity index (χ3n) is 3.27. The molecule has 1 aromatic carbocycles. The fraction of sp³-hybridized carbons (Fsp3) is 0.412. The molecule has 0 bridgehead atoms.